The van der Waals surface area contributed by atoms with Crippen LogP contribution in [0.5, 0.6) is 0 Å². The Morgan fingerprint density at radius 3 is 2.82 bits per heavy atom. The van der Waals surface area contributed by atoms with E-state index in [1.54, 1.807) is 6.20 Å². The molecule has 11 heavy (non-hydrogen) atoms. The van der Waals surface area contributed by atoms with E-state index in [4.69, 9.17) is 0 Å². The van der Waals surface area contributed by atoms with Crippen LogP contribution in [0.3, 0.4) is 0 Å². The Labute approximate surface area is 66.3 Å². The third-order valence-corrected chi connectivity index (χ3v) is 1.66. The SMILES string of the molecule is Cc1cc(C)c(CC=O)cn1. The first-order valence-corrected chi connectivity index (χ1v) is 3.60. The third kappa shape index (κ3) is 1.87. The van der Waals surface area contributed by atoms with Crippen molar-refractivity contribution >= 4 is 6.29 Å². The summed E-state index contributed by atoms with van der Waals surface area (Å²) in [4.78, 5) is 14.3. The van der Waals surface area contributed by atoms with Gasteiger partial charge in [-0.15, -0.1) is 0 Å². The van der Waals surface area contributed by atoms with Gasteiger partial charge in [-0.25, -0.2) is 0 Å². The van der Waals surface area contributed by atoms with Gasteiger partial charge in [0.05, 0.1) is 0 Å². The van der Waals surface area contributed by atoms with Gasteiger partial charge in [-0.05, 0) is 31.0 Å². The molecule has 0 saturated carbocycles. The number of carbonyl (C=O) groups is 1. The number of hydrogen-bond donors (Lipinski definition) is 0. The van der Waals surface area contributed by atoms with Crippen LogP contribution in [0.2, 0.25) is 0 Å². The number of nitrogens with zero attached hydrogens (tertiary/aromatic N) is 1. The summed E-state index contributed by atoms with van der Waals surface area (Å²) >= 11 is 0. The van der Waals surface area contributed by atoms with Gasteiger partial charge >= 0.3 is 0 Å². The minimum absolute atomic E-state index is 0.471. The minimum Gasteiger partial charge on any atom is -0.303 e. The van der Waals surface area contributed by atoms with Crippen LogP contribution in [0.15, 0.2) is 12.3 Å². The topological polar surface area (TPSA) is 30.0 Å². The van der Waals surface area contributed by atoms with Gasteiger partial charge in [0.25, 0.3) is 0 Å². The molecule has 0 saturated heterocycles. The molecule has 0 amide bonds. The monoisotopic (exact) mass is 149 g/mol. The lowest BCUT2D eigenvalue weighted by Crippen LogP contribution is -1.93. The van der Waals surface area contributed by atoms with E-state index in [1.165, 1.54) is 0 Å². The van der Waals surface area contributed by atoms with E-state index in [0.29, 0.717) is 6.42 Å². The van der Waals surface area contributed by atoms with Gasteiger partial charge in [0, 0.05) is 18.3 Å². The number of carbonyl (C=O) groups excluding carboxylic acids is 1. The highest BCUT2D eigenvalue weighted by molar-refractivity contribution is 5.55. The highest BCUT2D eigenvalue weighted by Crippen LogP contribution is 2.06. The second kappa shape index (κ2) is 3.28. The maximum absolute atomic E-state index is 10.2. The van der Waals surface area contributed by atoms with Crippen molar-refractivity contribution in [3.05, 3.63) is 29.1 Å². The Morgan fingerprint density at radius 2 is 2.27 bits per heavy atom. The summed E-state index contributed by atoms with van der Waals surface area (Å²) in [5.74, 6) is 0. The van der Waals surface area contributed by atoms with Crippen molar-refractivity contribution in [1.82, 2.24) is 4.98 Å². The fourth-order valence-corrected chi connectivity index (χ4v) is 1.03. The molecule has 0 radical (unpaired) electrons. The molecule has 0 aliphatic rings. The second-order valence-electron chi connectivity index (χ2n) is 2.62. The number of aldehydes is 1. The predicted molar refractivity (Wildman–Crippen MR) is 43.5 cm³/mol. The number of rotatable bonds is 2. The predicted octanol–water partition coefficient (Wildman–Crippen LogP) is 1.44. The molecular weight excluding hydrogens is 138 g/mol. The summed E-state index contributed by atoms with van der Waals surface area (Å²) in [5.41, 5.74) is 3.16. The summed E-state index contributed by atoms with van der Waals surface area (Å²) in [6.45, 7) is 3.94. The van der Waals surface area contributed by atoms with Crippen LogP contribution in [0.1, 0.15) is 16.8 Å². The Bertz CT molecular complexity index is 268. The molecule has 2 nitrogen and oxygen atoms in total. The number of hydrogen-bond acceptors (Lipinski definition) is 2. The summed E-state index contributed by atoms with van der Waals surface area (Å²) in [6, 6.07) is 1.98. The van der Waals surface area contributed by atoms with Gasteiger partial charge in [-0.3, -0.25) is 4.98 Å². The summed E-state index contributed by atoms with van der Waals surface area (Å²) in [5, 5.41) is 0. The molecule has 0 bridgehead atoms. The van der Waals surface area contributed by atoms with Crippen molar-refractivity contribution in [2.75, 3.05) is 0 Å². The molecular formula is C9H11NO. The first-order valence-electron chi connectivity index (χ1n) is 3.60. The molecule has 0 unspecified atom stereocenters. The maximum atomic E-state index is 10.2. The molecule has 0 aromatic carbocycles. The zero-order valence-electron chi connectivity index (χ0n) is 6.79. The number of aryl methyl sites for hydroxylation is 2. The smallest absolute Gasteiger partial charge is 0.124 e. The molecule has 0 fully saturated rings. The van der Waals surface area contributed by atoms with Gasteiger partial charge < -0.3 is 4.79 Å². The Morgan fingerprint density at radius 1 is 1.55 bits per heavy atom. The quantitative estimate of drug-likeness (QED) is 0.595. The van der Waals surface area contributed by atoms with E-state index in [0.717, 1.165) is 23.1 Å². The standard InChI is InChI=1S/C9H11NO/c1-7-5-8(2)10-6-9(7)3-4-11/h4-6H,3H2,1-2H3. The maximum Gasteiger partial charge on any atom is 0.124 e. The van der Waals surface area contributed by atoms with Crippen LogP contribution >= 0.6 is 0 Å². The molecule has 0 aliphatic heterocycles. The fraction of sp³-hybridized carbons (Fsp3) is 0.333. The van der Waals surface area contributed by atoms with Crippen LogP contribution in [0.4, 0.5) is 0 Å². The average Bonchev–Trinajstić information content (AvgIpc) is 1.95. The average molecular weight is 149 g/mol. The van der Waals surface area contributed by atoms with Crippen LogP contribution < -0.4 is 0 Å². The fourth-order valence-electron chi connectivity index (χ4n) is 1.03. The molecule has 0 atom stereocenters. The lowest BCUT2D eigenvalue weighted by atomic mass is 10.1. The lowest BCUT2D eigenvalue weighted by Gasteiger charge is -2.00. The van der Waals surface area contributed by atoms with E-state index < -0.39 is 0 Å². The molecule has 0 spiro atoms. The zero-order valence-corrected chi connectivity index (χ0v) is 6.79. The summed E-state index contributed by atoms with van der Waals surface area (Å²) < 4.78 is 0. The molecule has 0 aliphatic carbocycles. The second-order valence-corrected chi connectivity index (χ2v) is 2.62. The van der Waals surface area contributed by atoms with Gasteiger partial charge in [-0.2, -0.15) is 0 Å². The number of pyridine rings is 1. The normalized spacial score (nSPS) is 9.64. The summed E-state index contributed by atoms with van der Waals surface area (Å²) in [7, 11) is 0. The van der Waals surface area contributed by atoms with Gasteiger partial charge in [0.15, 0.2) is 0 Å². The minimum atomic E-state index is 0.471. The summed E-state index contributed by atoms with van der Waals surface area (Å²) in [6.07, 6.45) is 3.14. The Balaban J connectivity index is 2.98. The first-order chi connectivity index (χ1) is 5.24. The Kier molecular flexibility index (Phi) is 2.36. The van der Waals surface area contributed by atoms with Crippen molar-refractivity contribution in [3.8, 4) is 0 Å². The van der Waals surface area contributed by atoms with Crippen LogP contribution in [0.25, 0.3) is 0 Å². The van der Waals surface area contributed by atoms with Gasteiger partial charge in [0.1, 0.15) is 6.29 Å². The van der Waals surface area contributed by atoms with E-state index in [1.807, 2.05) is 19.9 Å². The molecule has 58 valence electrons. The van der Waals surface area contributed by atoms with Crippen molar-refractivity contribution < 1.29 is 4.79 Å². The first kappa shape index (κ1) is 7.92. The third-order valence-electron chi connectivity index (χ3n) is 1.66. The van der Waals surface area contributed by atoms with E-state index in [9.17, 15) is 4.79 Å². The highest BCUT2D eigenvalue weighted by atomic mass is 16.1. The van der Waals surface area contributed by atoms with Crippen molar-refractivity contribution in [1.29, 1.82) is 0 Å². The van der Waals surface area contributed by atoms with Crippen molar-refractivity contribution in [3.63, 3.8) is 0 Å². The van der Waals surface area contributed by atoms with Crippen LogP contribution in [0, 0.1) is 13.8 Å². The molecule has 0 N–H and O–H groups in total. The van der Waals surface area contributed by atoms with E-state index >= 15 is 0 Å². The molecule has 1 aromatic heterocycles. The molecule has 2 heteroatoms. The highest BCUT2D eigenvalue weighted by Gasteiger charge is 1.96. The number of aromatic nitrogens is 1. The molecule has 1 aromatic rings. The van der Waals surface area contributed by atoms with Gasteiger partial charge in [0.2, 0.25) is 0 Å². The van der Waals surface area contributed by atoms with Crippen molar-refractivity contribution in [2.24, 2.45) is 0 Å². The van der Waals surface area contributed by atoms with Crippen LogP contribution in [-0.2, 0) is 11.2 Å². The molecule has 1 heterocycles. The molecule has 1 rings (SSSR count). The van der Waals surface area contributed by atoms with Crippen LogP contribution in [-0.4, -0.2) is 11.3 Å². The Hall–Kier alpha value is -1.18. The zero-order chi connectivity index (χ0) is 8.27. The van der Waals surface area contributed by atoms with E-state index in [-0.39, 0.29) is 0 Å². The van der Waals surface area contributed by atoms with Gasteiger partial charge in [-0.1, -0.05) is 0 Å². The van der Waals surface area contributed by atoms with E-state index in [2.05, 4.69) is 4.98 Å². The largest absolute Gasteiger partial charge is 0.303 e. The lowest BCUT2D eigenvalue weighted by molar-refractivity contribution is -0.107. The van der Waals surface area contributed by atoms with Crippen molar-refractivity contribution in [2.45, 2.75) is 20.3 Å².